The van der Waals surface area contributed by atoms with Gasteiger partial charge in [-0.3, -0.25) is 4.79 Å². The molecule has 0 saturated carbocycles. The highest BCUT2D eigenvalue weighted by atomic mass is 19.1. The van der Waals surface area contributed by atoms with Gasteiger partial charge in [0, 0.05) is 30.5 Å². The number of hydrogen-bond acceptors (Lipinski definition) is 2. The van der Waals surface area contributed by atoms with Gasteiger partial charge >= 0.3 is 0 Å². The Labute approximate surface area is 147 Å². The third-order valence-corrected chi connectivity index (χ3v) is 5.40. The Balaban J connectivity index is 1.48. The lowest BCUT2D eigenvalue weighted by Gasteiger charge is -2.24. The summed E-state index contributed by atoms with van der Waals surface area (Å²) in [6, 6.07) is 13.6. The summed E-state index contributed by atoms with van der Waals surface area (Å²) in [5, 5.41) is 0. The van der Waals surface area contributed by atoms with Gasteiger partial charge in [-0.25, -0.2) is 4.39 Å². The van der Waals surface area contributed by atoms with Crippen LogP contribution in [-0.2, 0) is 11.2 Å². The molecule has 2 aliphatic heterocycles. The van der Waals surface area contributed by atoms with E-state index in [2.05, 4.69) is 38.1 Å². The molecule has 4 heteroatoms. The summed E-state index contributed by atoms with van der Waals surface area (Å²) < 4.78 is 19.5. The molecule has 25 heavy (non-hydrogen) atoms. The van der Waals surface area contributed by atoms with Crippen molar-refractivity contribution >= 4 is 5.91 Å². The molecule has 0 aliphatic carbocycles. The van der Waals surface area contributed by atoms with Crippen LogP contribution < -0.4 is 4.74 Å². The zero-order valence-electron chi connectivity index (χ0n) is 14.5. The summed E-state index contributed by atoms with van der Waals surface area (Å²) in [5.41, 5.74) is 3.29. The van der Waals surface area contributed by atoms with E-state index >= 15 is 0 Å². The van der Waals surface area contributed by atoms with Crippen LogP contribution in [0.1, 0.15) is 36.0 Å². The number of hydrogen-bond donors (Lipinski definition) is 0. The van der Waals surface area contributed by atoms with Crippen LogP contribution >= 0.6 is 0 Å². The van der Waals surface area contributed by atoms with E-state index in [1.165, 1.54) is 17.2 Å². The van der Waals surface area contributed by atoms with E-state index in [9.17, 15) is 9.18 Å². The molecule has 0 spiro atoms. The number of aryl methyl sites for hydroxylation is 1. The first-order valence-electron chi connectivity index (χ1n) is 8.84. The van der Waals surface area contributed by atoms with Crippen LogP contribution in [0, 0.1) is 12.7 Å². The summed E-state index contributed by atoms with van der Waals surface area (Å²) in [6.07, 6.45) is 0.791. The second-order valence-corrected chi connectivity index (χ2v) is 7.22. The number of fused-ring (bicyclic) bond motifs is 1. The summed E-state index contributed by atoms with van der Waals surface area (Å²) in [7, 11) is 0. The summed E-state index contributed by atoms with van der Waals surface area (Å²) in [4.78, 5) is 14.8. The lowest BCUT2D eigenvalue weighted by atomic mass is 9.96. The minimum Gasteiger partial charge on any atom is -0.477 e. The number of halogens is 1. The molecule has 1 saturated heterocycles. The fraction of sp³-hybridized carbons (Fsp3) is 0.381. The maximum atomic E-state index is 13.8. The van der Waals surface area contributed by atoms with Crippen LogP contribution in [0.4, 0.5) is 4.39 Å². The highest BCUT2D eigenvalue weighted by Gasteiger charge is 2.40. The van der Waals surface area contributed by atoms with E-state index in [0.29, 0.717) is 18.9 Å². The van der Waals surface area contributed by atoms with Gasteiger partial charge in [0.2, 0.25) is 0 Å². The predicted molar refractivity (Wildman–Crippen MR) is 94.2 cm³/mol. The summed E-state index contributed by atoms with van der Waals surface area (Å²) >= 11 is 0. The molecule has 1 fully saturated rings. The average molecular weight is 339 g/mol. The van der Waals surface area contributed by atoms with Crippen molar-refractivity contribution in [3.63, 3.8) is 0 Å². The van der Waals surface area contributed by atoms with Gasteiger partial charge in [0.05, 0.1) is 0 Å². The molecule has 0 N–H and O–H groups in total. The SMILES string of the molecule is Cc1ccc([C@@H]2C[C@@H](C)N(C(=O)[C@@H]3Cc4cccc(F)c4O3)C2)cc1. The van der Waals surface area contributed by atoms with Crippen molar-refractivity contribution in [2.24, 2.45) is 0 Å². The zero-order valence-corrected chi connectivity index (χ0v) is 14.5. The van der Waals surface area contributed by atoms with E-state index in [0.717, 1.165) is 12.0 Å². The van der Waals surface area contributed by atoms with Gasteiger partial charge < -0.3 is 9.64 Å². The van der Waals surface area contributed by atoms with Crippen molar-refractivity contribution in [3.05, 3.63) is 65.0 Å². The molecule has 2 aromatic carbocycles. The normalized spacial score (nSPS) is 24.9. The van der Waals surface area contributed by atoms with Crippen LogP contribution in [0.15, 0.2) is 42.5 Å². The quantitative estimate of drug-likeness (QED) is 0.832. The largest absolute Gasteiger partial charge is 0.477 e. The third kappa shape index (κ3) is 2.90. The number of nitrogens with zero attached hydrogens (tertiary/aromatic N) is 1. The molecule has 0 aromatic heterocycles. The lowest BCUT2D eigenvalue weighted by Crippen LogP contribution is -2.43. The molecule has 3 nitrogen and oxygen atoms in total. The Bertz CT molecular complexity index is 802. The standard InChI is InChI=1S/C21H22FNO2/c1-13-6-8-15(9-7-13)17-10-14(2)23(12-17)21(24)19-11-16-4-3-5-18(22)20(16)25-19/h3-9,14,17,19H,10-12H2,1-2H3/t14-,17-,19+/m1/s1. The molecule has 0 radical (unpaired) electrons. The number of carbonyl (C=O) groups is 1. The van der Waals surface area contributed by atoms with Crippen molar-refractivity contribution < 1.29 is 13.9 Å². The van der Waals surface area contributed by atoms with Gasteiger partial charge in [0.1, 0.15) is 0 Å². The fourth-order valence-electron chi connectivity index (χ4n) is 3.97. The van der Waals surface area contributed by atoms with E-state index in [1.807, 2.05) is 11.0 Å². The van der Waals surface area contributed by atoms with E-state index in [4.69, 9.17) is 4.74 Å². The first kappa shape index (κ1) is 16.1. The van der Waals surface area contributed by atoms with E-state index in [1.54, 1.807) is 6.07 Å². The fourth-order valence-corrected chi connectivity index (χ4v) is 3.97. The van der Waals surface area contributed by atoms with Crippen LogP contribution in [-0.4, -0.2) is 29.5 Å². The molecule has 0 unspecified atom stereocenters. The molecule has 0 bridgehead atoms. The number of amides is 1. The Hall–Kier alpha value is -2.36. The van der Waals surface area contributed by atoms with Crippen molar-refractivity contribution in [3.8, 4) is 5.75 Å². The monoisotopic (exact) mass is 339 g/mol. The second kappa shape index (κ2) is 6.17. The van der Waals surface area contributed by atoms with Gasteiger partial charge in [0.15, 0.2) is 17.7 Å². The van der Waals surface area contributed by atoms with Crippen molar-refractivity contribution in [1.82, 2.24) is 4.90 Å². The second-order valence-electron chi connectivity index (χ2n) is 7.22. The maximum absolute atomic E-state index is 13.8. The van der Waals surface area contributed by atoms with E-state index < -0.39 is 6.10 Å². The summed E-state index contributed by atoms with van der Waals surface area (Å²) in [5.74, 6) is 0.167. The highest BCUT2D eigenvalue weighted by molar-refractivity contribution is 5.83. The number of rotatable bonds is 2. The smallest absolute Gasteiger partial charge is 0.264 e. The first-order valence-corrected chi connectivity index (χ1v) is 8.84. The van der Waals surface area contributed by atoms with E-state index in [-0.39, 0.29) is 23.5 Å². The van der Waals surface area contributed by atoms with Crippen LogP contribution in [0.3, 0.4) is 0 Å². The average Bonchev–Trinajstić information content (AvgIpc) is 3.20. The van der Waals surface area contributed by atoms with Crippen LogP contribution in [0.2, 0.25) is 0 Å². The molecule has 2 aromatic rings. The van der Waals surface area contributed by atoms with Gasteiger partial charge in [-0.05, 0) is 31.9 Å². The summed E-state index contributed by atoms with van der Waals surface area (Å²) in [6.45, 7) is 4.85. The zero-order chi connectivity index (χ0) is 17.6. The van der Waals surface area contributed by atoms with Gasteiger partial charge in [-0.2, -0.15) is 0 Å². The predicted octanol–water partition coefficient (Wildman–Crippen LogP) is 3.84. The number of likely N-dealkylation sites (tertiary alicyclic amines) is 1. The van der Waals surface area contributed by atoms with Crippen LogP contribution in [0.5, 0.6) is 5.75 Å². The first-order chi connectivity index (χ1) is 12.0. The third-order valence-electron chi connectivity index (χ3n) is 5.40. The minimum absolute atomic E-state index is 0.0299. The molecule has 130 valence electrons. The molecule has 2 aliphatic rings. The Morgan fingerprint density at radius 2 is 1.96 bits per heavy atom. The molecule has 1 amide bonds. The molecule has 2 heterocycles. The molecule has 4 rings (SSSR count). The Kier molecular flexibility index (Phi) is 3.98. The number of para-hydroxylation sites is 1. The van der Waals surface area contributed by atoms with Gasteiger partial charge in [0.25, 0.3) is 5.91 Å². The topological polar surface area (TPSA) is 29.5 Å². The van der Waals surface area contributed by atoms with Crippen molar-refractivity contribution in [1.29, 1.82) is 0 Å². The maximum Gasteiger partial charge on any atom is 0.264 e. The van der Waals surface area contributed by atoms with Crippen LogP contribution in [0.25, 0.3) is 0 Å². The number of ether oxygens (including phenoxy) is 1. The Morgan fingerprint density at radius 3 is 2.68 bits per heavy atom. The number of benzene rings is 2. The van der Waals surface area contributed by atoms with Gasteiger partial charge in [-0.15, -0.1) is 0 Å². The molecular weight excluding hydrogens is 317 g/mol. The lowest BCUT2D eigenvalue weighted by molar-refractivity contribution is -0.138. The van der Waals surface area contributed by atoms with Crippen molar-refractivity contribution in [2.75, 3.05) is 6.54 Å². The Morgan fingerprint density at radius 1 is 1.20 bits per heavy atom. The minimum atomic E-state index is -0.605. The molecule has 3 atom stereocenters. The number of carbonyl (C=O) groups excluding carboxylic acids is 1. The van der Waals surface area contributed by atoms with Crippen molar-refractivity contribution in [2.45, 2.75) is 44.8 Å². The molecular formula is C21H22FNO2. The van der Waals surface area contributed by atoms with Gasteiger partial charge in [-0.1, -0.05) is 42.0 Å². The highest BCUT2D eigenvalue weighted by Crippen LogP contribution is 2.36.